The quantitative estimate of drug-likeness (QED) is 0.342. The van der Waals surface area contributed by atoms with E-state index in [0.717, 1.165) is 0 Å². The van der Waals surface area contributed by atoms with Crippen molar-refractivity contribution in [3.8, 4) is 0 Å². The summed E-state index contributed by atoms with van der Waals surface area (Å²) in [6.07, 6.45) is 0. The molecule has 0 aliphatic carbocycles. The van der Waals surface area contributed by atoms with Gasteiger partial charge in [-0.3, -0.25) is 14.9 Å². The number of nitrogen functional groups attached to an aromatic ring is 1. The van der Waals surface area contributed by atoms with E-state index >= 15 is 0 Å². The van der Waals surface area contributed by atoms with Gasteiger partial charge in [0.25, 0.3) is 5.69 Å². The molecule has 0 fully saturated rings. The van der Waals surface area contributed by atoms with Crippen LogP contribution in [0, 0.1) is 10.1 Å². The van der Waals surface area contributed by atoms with Gasteiger partial charge in [0.2, 0.25) is 5.78 Å². The number of nitro groups is 1. The van der Waals surface area contributed by atoms with Gasteiger partial charge >= 0.3 is 0 Å². The van der Waals surface area contributed by atoms with Gasteiger partial charge in [0.05, 0.1) is 10.3 Å². The third-order valence-electron chi connectivity index (χ3n) is 3.01. The van der Waals surface area contributed by atoms with E-state index in [0.29, 0.717) is 11.0 Å². The lowest BCUT2D eigenvalue weighted by molar-refractivity contribution is -0.384. The maximum atomic E-state index is 12.4. The predicted molar refractivity (Wildman–Crippen MR) is 75.0 cm³/mol. The molecule has 2 N–H and O–H groups in total. The van der Waals surface area contributed by atoms with E-state index in [2.05, 4.69) is 5.16 Å². The fourth-order valence-electron chi connectivity index (χ4n) is 2.06. The number of anilines is 1. The van der Waals surface area contributed by atoms with Crippen molar-refractivity contribution >= 4 is 28.1 Å². The van der Waals surface area contributed by atoms with Crippen LogP contribution in [0.1, 0.15) is 16.1 Å². The van der Waals surface area contributed by atoms with Gasteiger partial charge in [0.15, 0.2) is 11.3 Å². The van der Waals surface area contributed by atoms with Gasteiger partial charge in [-0.15, -0.1) is 0 Å². The number of para-hydroxylation sites is 1. The lowest BCUT2D eigenvalue weighted by Gasteiger charge is -2.00. The first kappa shape index (κ1) is 12.8. The monoisotopic (exact) mass is 283 g/mol. The first-order valence-corrected chi connectivity index (χ1v) is 6.00. The molecule has 0 bridgehead atoms. The molecule has 0 amide bonds. The minimum Gasteiger partial charge on any atom is -0.399 e. The molecule has 0 radical (unpaired) electrons. The molecule has 7 heteroatoms. The molecular weight excluding hydrogens is 274 g/mol. The van der Waals surface area contributed by atoms with Gasteiger partial charge in [-0.2, -0.15) is 0 Å². The summed E-state index contributed by atoms with van der Waals surface area (Å²) in [6.45, 7) is 0. The number of non-ortho nitro benzene ring substituents is 1. The Bertz CT molecular complexity index is 870. The number of nitro benzene ring substituents is 1. The third kappa shape index (κ3) is 2.20. The molecule has 2 aromatic carbocycles. The Morgan fingerprint density at radius 1 is 1.24 bits per heavy atom. The van der Waals surface area contributed by atoms with Crippen LogP contribution in [-0.4, -0.2) is 15.9 Å². The number of ketones is 1. The van der Waals surface area contributed by atoms with Crippen molar-refractivity contribution < 1.29 is 14.2 Å². The smallest absolute Gasteiger partial charge is 0.272 e. The summed E-state index contributed by atoms with van der Waals surface area (Å²) in [7, 11) is 0. The van der Waals surface area contributed by atoms with E-state index in [1.807, 2.05) is 0 Å². The Morgan fingerprint density at radius 3 is 2.76 bits per heavy atom. The molecule has 0 saturated carbocycles. The maximum Gasteiger partial charge on any atom is 0.272 e. The van der Waals surface area contributed by atoms with E-state index in [-0.39, 0.29) is 22.6 Å². The summed E-state index contributed by atoms with van der Waals surface area (Å²) >= 11 is 0. The minimum absolute atomic E-state index is 0.0979. The number of fused-ring (bicyclic) bond motifs is 1. The van der Waals surface area contributed by atoms with Crippen LogP contribution < -0.4 is 5.73 Å². The number of nitrogens with zero attached hydrogens (tertiary/aromatic N) is 2. The highest BCUT2D eigenvalue weighted by molar-refractivity contribution is 6.14. The van der Waals surface area contributed by atoms with Gasteiger partial charge < -0.3 is 10.3 Å². The number of hydrogen-bond acceptors (Lipinski definition) is 6. The van der Waals surface area contributed by atoms with Gasteiger partial charge in [-0.1, -0.05) is 17.3 Å². The van der Waals surface area contributed by atoms with E-state index in [4.69, 9.17) is 10.3 Å². The molecule has 7 nitrogen and oxygen atoms in total. The summed E-state index contributed by atoms with van der Waals surface area (Å²) in [6, 6.07) is 10.6. The minimum atomic E-state index is -0.603. The molecule has 104 valence electrons. The molecule has 3 rings (SSSR count). The lowest BCUT2D eigenvalue weighted by Crippen LogP contribution is -2.04. The number of benzene rings is 2. The lowest BCUT2D eigenvalue weighted by atomic mass is 10.0. The van der Waals surface area contributed by atoms with Crippen molar-refractivity contribution in [1.82, 2.24) is 5.16 Å². The first-order chi connectivity index (χ1) is 10.1. The highest BCUT2D eigenvalue weighted by atomic mass is 16.6. The number of aromatic nitrogens is 1. The average Bonchev–Trinajstić information content (AvgIpc) is 2.89. The number of carbonyl (C=O) groups excluding carboxylic acids is 1. The fraction of sp³-hybridized carbons (Fsp3) is 0. The van der Waals surface area contributed by atoms with E-state index in [1.165, 1.54) is 18.2 Å². The normalized spacial score (nSPS) is 10.7. The number of hydrogen-bond donors (Lipinski definition) is 1. The highest BCUT2D eigenvalue weighted by Gasteiger charge is 2.20. The fourth-order valence-corrected chi connectivity index (χ4v) is 2.06. The largest absolute Gasteiger partial charge is 0.399 e. The molecular formula is C14H9N3O4. The second kappa shape index (κ2) is 4.71. The van der Waals surface area contributed by atoms with Crippen molar-refractivity contribution in [2.75, 3.05) is 5.73 Å². The van der Waals surface area contributed by atoms with Gasteiger partial charge in [0.1, 0.15) is 0 Å². The number of nitrogens with two attached hydrogens (primary N) is 1. The summed E-state index contributed by atoms with van der Waals surface area (Å²) in [4.78, 5) is 22.7. The Kier molecular flexibility index (Phi) is 2.87. The topological polar surface area (TPSA) is 112 Å². The number of carbonyl (C=O) groups is 1. The average molecular weight is 283 g/mol. The predicted octanol–water partition coefficient (Wildman–Crippen LogP) is 2.55. The molecule has 0 aliphatic heterocycles. The van der Waals surface area contributed by atoms with Crippen molar-refractivity contribution in [2.24, 2.45) is 0 Å². The van der Waals surface area contributed by atoms with Crippen LogP contribution in [0.4, 0.5) is 11.4 Å². The van der Waals surface area contributed by atoms with Gasteiger partial charge in [0, 0.05) is 23.4 Å². The van der Waals surface area contributed by atoms with Crippen LogP contribution >= 0.6 is 0 Å². The SMILES string of the molecule is Nc1cc(C(=O)c2noc3ccccc23)cc([N+](=O)[O-])c1. The Balaban J connectivity index is 2.12. The zero-order valence-corrected chi connectivity index (χ0v) is 10.6. The van der Waals surface area contributed by atoms with E-state index in [9.17, 15) is 14.9 Å². The summed E-state index contributed by atoms with van der Waals surface area (Å²) in [5.41, 5.74) is 6.17. The first-order valence-electron chi connectivity index (χ1n) is 6.00. The van der Waals surface area contributed by atoms with Gasteiger partial charge in [-0.05, 0) is 18.2 Å². The van der Waals surface area contributed by atoms with Crippen LogP contribution in [0.25, 0.3) is 11.0 Å². The Labute approximate surface area is 118 Å². The molecule has 0 saturated heterocycles. The molecule has 0 aliphatic rings. The molecule has 3 aromatic rings. The van der Waals surface area contributed by atoms with Crippen LogP contribution in [0.5, 0.6) is 0 Å². The summed E-state index contributed by atoms with van der Waals surface area (Å²) < 4.78 is 5.06. The number of rotatable bonds is 3. The molecule has 21 heavy (non-hydrogen) atoms. The maximum absolute atomic E-state index is 12.4. The molecule has 1 heterocycles. The summed E-state index contributed by atoms with van der Waals surface area (Å²) in [5.74, 6) is -0.477. The molecule has 0 atom stereocenters. The van der Waals surface area contributed by atoms with Crippen LogP contribution in [0.2, 0.25) is 0 Å². The standard InChI is InChI=1S/C14H9N3O4/c15-9-5-8(6-10(7-9)17(19)20)14(18)13-11-3-1-2-4-12(11)21-16-13/h1-7H,15H2. The van der Waals surface area contributed by atoms with Crippen LogP contribution in [0.15, 0.2) is 47.0 Å². The zero-order valence-electron chi connectivity index (χ0n) is 10.6. The second-order valence-electron chi connectivity index (χ2n) is 4.43. The molecule has 0 unspecified atom stereocenters. The van der Waals surface area contributed by atoms with Crippen molar-refractivity contribution in [2.45, 2.75) is 0 Å². The Morgan fingerprint density at radius 2 is 2.00 bits per heavy atom. The third-order valence-corrected chi connectivity index (χ3v) is 3.01. The van der Waals surface area contributed by atoms with Crippen LogP contribution in [0.3, 0.4) is 0 Å². The molecule has 1 aromatic heterocycles. The van der Waals surface area contributed by atoms with Crippen molar-refractivity contribution in [3.63, 3.8) is 0 Å². The van der Waals surface area contributed by atoms with Crippen molar-refractivity contribution in [1.29, 1.82) is 0 Å². The van der Waals surface area contributed by atoms with Crippen molar-refractivity contribution in [3.05, 3.63) is 63.8 Å². The Hall–Kier alpha value is -3.22. The zero-order chi connectivity index (χ0) is 15.0. The van der Waals surface area contributed by atoms with E-state index < -0.39 is 10.7 Å². The second-order valence-corrected chi connectivity index (χ2v) is 4.43. The van der Waals surface area contributed by atoms with E-state index in [1.54, 1.807) is 24.3 Å². The highest BCUT2D eigenvalue weighted by Crippen LogP contribution is 2.24. The van der Waals surface area contributed by atoms with Gasteiger partial charge in [-0.25, -0.2) is 0 Å². The molecule has 0 spiro atoms. The van der Waals surface area contributed by atoms with Crippen LogP contribution in [-0.2, 0) is 0 Å². The summed E-state index contributed by atoms with van der Waals surface area (Å²) in [5, 5.41) is 15.1.